The maximum absolute atomic E-state index is 2.49. The zero-order valence-corrected chi connectivity index (χ0v) is 51.7. The van der Waals surface area contributed by atoms with Crippen molar-refractivity contribution in [3.8, 4) is 44.5 Å². The van der Waals surface area contributed by atoms with Gasteiger partial charge in [0.15, 0.2) is 0 Å². The van der Waals surface area contributed by atoms with Crippen LogP contribution in [0.25, 0.3) is 87.6 Å². The van der Waals surface area contributed by atoms with Crippen molar-refractivity contribution >= 4 is 43.1 Å². The van der Waals surface area contributed by atoms with Crippen LogP contribution in [0.4, 0.5) is 0 Å². The molecule has 9 aromatic carbocycles. The topological polar surface area (TPSA) is 0 Å². The van der Waals surface area contributed by atoms with Crippen molar-refractivity contribution in [3.05, 3.63) is 167 Å². The highest BCUT2D eigenvalue weighted by atomic mass is 14.4. The Kier molecular flexibility index (Phi) is 12.1. The summed E-state index contributed by atoms with van der Waals surface area (Å²) in [7, 11) is 0. The zero-order chi connectivity index (χ0) is 55.3. The van der Waals surface area contributed by atoms with E-state index >= 15 is 0 Å². The predicted molar refractivity (Wildman–Crippen MR) is 334 cm³/mol. The lowest BCUT2D eigenvalue weighted by Crippen LogP contribution is -2.09. The Morgan fingerprint density at radius 2 is 0.293 bits per heavy atom. The molecule has 0 amide bonds. The Morgan fingerprint density at radius 3 is 0.640 bits per heavy atom. The van der Waals surface area contributed by atoms with E-state index in [1.165, 1.54) is 255 Å². The molecule has 0 saturated heterocycles. The first-order valence-electron chi connectivity index (χ1n) is 28.2. The quantitative estimate of drug-likeness (QED) is 0.155. The average Bonchev–Trinajstić information content (AvgIpc) is 3.85. The summed E-state index contributed by atoms with van der Waals surface area (Å²) in [6.45, 7) is 67.5. The fourth-order valence-corrected chi connectivity index (χ4v) is 15.3. The van der Waals surface area contributed by atoms with Gasteiger partial charge in [0.05, 0.1) is 0 Å². The Morgan fingerprint density at radius 1 is 0.120 bits per heavy atom. The second-order valence-corrected chi connectivity index (χ2v) is 24.6. The fourth-order valence-electron chi connectivity index (χ4n) is 15.3. The van der Waals surface area contributed by atoms with Gasteiger partial charge in [-0.15, -0.1) is 0 Å². The van der Waals surface area contributed by atoms with Crippen molar-refractivity contribution in [2.75, 3.05) is 0 Å². The van der Waals surface area contributed by atoms with Gasteiger partial charge in [0.1, 0.15) is 0 Å². The van der Waals surface area contributed by atoms with Gasteiger partial charge in [0.25, 0.3) is 0 Å². The van der Waals surface area contributed by atoms with Gasteiger partial charge < -0.3 is 0 Å². The Bertz CT molecular complexity index is 4130. The molecule has 0 bridgehead atoms. The van der Waals surface area contributed by atoms with Crippen molar-refractivity contribution in [2.45, 2.75) is 200 Å². The summed E-state index contributed by atoms with van der Waals surface area (Å²) < 4.78 is 0. The number of fused-ring (bicyclic) bond motifs is 7. The Balaban J connectivity index is 1.56. The minimum atomic E-state index is 0.987. The molecule has 0 aliphatic heterocycles. The third-order valence-corrected chi connectivity index (χ3v) is 22.4. The van der Waals surface area contributed by atoms with Crippen LogP contribution < -0.4 is 0 Å². The largest absolute Gasteiger partial charge is 0.0447 e. The molecule has 386 valence electrons. The molecule has 0 atom stereocenters. The van der Waals surface area contributed by atoms with Gasteiger partial charge in [-0.25, -0.2) is 0 Å². The van der Waals surface area contributed by atoms with Crippen LogP contribution in [0.1, 0.15) is 167 Å². The summed E-state index contributed by atoms with van der Waals surface area (Å²) in [6.07, 6.45) is 0.987. The molecule has 0 saturated carbocycles. The first-order chi connectivity index (χ1) is 35.0. The molecule has 0 unspecified atom stereocenters. The normalized spacial score (nSPS) is 12.5. The van der Waals surface area contributed by atoms with Crippen molar-refractivity contribution in [1.82, 2.24) is 0 Å². The molecule has 0 spiro atoms. The molecule has 75 heavy (non-hydrogen) atoms. The predicted octanol–water partition coefficient (Wildman–Crippen LogP) is 21.5. The van der Waals surface area contributed by atoms with E-state index in [4.69, 9.17) is 0 Å². The maximum atomic E-state index is 2.49. The van der Waals surface area contributed by atoms with E-state index in [1.54, 1.807) is 0 Å². The molecular formula is C75H86. The van der Waals surface area contributed by atoms with Gasteiger partial charge in [0, 0.05) is 0 Å². The van der Waals surface area contributed by atoms with Crippen LogP contribution in [0.2, 0.25) is 0 Å². The summed E-state index contributed by atoms with van der Waals surface area (Å²) in [5.41, 5.74) is 54.2. The highest BCUT2D eigenvalue weighted by molar-refractivity contribution is 6.30. The SMILES string of the molecule is Cc1c(C)c(C)c2c(c1C)Cc1c(C)c(C)c(C)c(-c3c4c(C)c(C)c(C)c(C)c4c(-c4c(C)c(C)c(-c5c(C)c(C)c(C)c6c(C)c(C)c(C)c(C)c56)c5c(C)c(C)c(C)c(C)c45)c4c(C)c(C)c(C)c(C)c34)c1-2. The molecule has 0 heterocycles. The third kappa shape index (κ3) is 6.47. The monoisotopic (exact) mass is 987 g/mol. The summed E-state index contributed by atoms with van der Waals surface area (Å²) in [5, 5.41) is 11.5. The lowest BCUT2D eigenvalue weighted by molar-refractivity contribution is 1.12. The Hall–Kier alpha value is -5.98. The standard InChI is InChI=1S/C75H86/c1-30-31(2)46(17)61-58(42(30)13)29-59-43(14)40(11)54(25)72(73(59)61)75-69-52(23)38(9)36(7)50(21)67(69)74(68-51(22)37(8)39(10)53(24)70(68)75)71-57(28)56(27)66(64-48(19)34(5)35(6)49(20)65(64)71)63-55(26)41(12)45(16)60-44(15)32(3)33(4)47(18)62(60)63/h29H2,1-28H3. The lowest BCUT2D eigenvalue weighted by atomic mass is 9.71. The molecule has 0 radical (unpaired) electrons. The molecule has 10 rings (SSSR count). The van der Waals surface area contributed by atoms with Gasteiger partial charge in [-0.1, -0.05) is 0 Å². The molecular weight excluding hydrogens is 901 g/mol. The minimum absolute atomic E-state index is 0.987. The smallest absolute Gasteiger partial charge is 0.000766 e. The van der Waals surface area contributed by atoms with Crippen molar-refractivity contribution in [3.63, 3.8) is 0 Å². The third-order valence-electron chi connectivity index (χ3n) is 22.4. The molecule has 0 nitrogen and oxygen atoms in total. The van der Waals surface area contributed by atoms with Crippen LogP contribution >= 0.6 is 0 Å². The summed E-state index contributed by atoms with van der Waals surface area (Å²) in [5.74, 6) is 0. The molecule has 0 heteroatoms. The van der Waals surface area contributed by atoms with E-state index in [9.17, 15) is 0 Å². The number of hydrogen-bond acceptors (Lipinski definition) is 0. The van der Waals surface area contributed by atoms with Gasteiger partial charge >= 0.3 is 0 Å². The van der Waals surface area contributed by atoms with Gasteiger partial charge in [-0.2, -0.15) is 0 Å². The number of benzene rings is 9. The summed E-state index contributed by atoms with van der Waals surface area (Å²) in [4.78, 5) is 0. The van der Waals surface area contributed by atoms with Gasteiger partial charge in [-0.3, -0.25) is 0 Å². The van der Waals surface area contributed by atoms with Crippen molar-refractivity contribution in [2.24, 2.45) is 0 Å². The van der Waals surface area contributed by atoms with E-state index < -0.39 is 0 Å². The summed E-state index contributed by atoms with van der Waals surface area (Å²) >= 11 is 0. The number of aryl methyl sites for hydroxylation is 9. The van der Waals surface area contributed by atoms with Crippen LogP contribution in [-0.2, 0) is 6.42 Å². The van der Waals surface area contributed by atoms with E-state index in [-0.39, 0.29) is 0 Å². The average molecular weight is 988 g/mol. The molecule has 1 aliphatic carbocycles. The van der Waals surface area contributed by atoms with Crippen LogP contribution in [0, 0.1) is 194 Å². The fraction of sp³-hybridized carbons (Fsp3) is 0.387. The van der Waals surface area contributed by atoms with E-state index in [0.29, 0.717) is 0 Å². The second-order valence-electron chi connectivity index (χ2n) is 24.6. The molecule has 0 fully saturated rings. The van der Waals surface area contributed by atoms with Crippen molar-refractivity contribution < 1.29 is 0 Å². The van der Waals surface area contributed by atoms with Crippen molar-refractivity contribution in [1.29, 1.82) is 0 Å². The minimum Gasteiger partial charge on any atom is -0.0447 e. The number of hydrogen-bond donors (Lipinski definition) is 0. The van der Waals surface area contributed by atoms with E-state index in [2.05, 4.69) is 194 Å². The highest BCUT2D eigenvalue weighted by Gasteiger charge is 2.36. The zero-order valence-electron chi connectivity index (χ0n) is 51.7. The first kappa shape index (κ1) is 52.5. The van der Waals surface area contributed by atoms with Crippen LogP contribution in [-0.4, -0.2) is 0 Å². The van der Waals surface area contributed by atoms with Crippen LogP contribution in [0.5, 0.6) is 0 Å². The summed E-state index contributed by atoms with van der Waals surface area (Å²) in [6, 6.07) is 0. The van der Waals surface area contributed by atoms with Crippen LogP contribution in [0.15, 0.2) is 0 Å². The first-order valence-corrected chi connectivity index (χ1v) is 28.2. The van der Waals surface area contributed by atoms with Gasteiger partial charge in [-0.05, 0) is 455 Å². The molecule has 0 N–H and O–H groups in total. The highest BCUT2D eigenvalue weighted by Crippen LogP contribution is 2.59. The lowest BCUT2D eigenvalue weighted by Gasteiger charge is -2.32. The van der Waals surface area contributed by atoms with Gasteiger partial charge in [0.2, 0.25) is 0 Å². The van der Waals surface area contributed by atoms with Crippen LogP contribution in [0.3, 0.4) is 0 Å². The maximum Gasteiger partial charge on any atom is -0.000766 e. The Labute approximate surface area is 452 Å². The molecule has 9 aromatic rings. The number of rotatable bonds is 3. The molecule has 1 aliphatic rings. The van der Waals surface area contributed by atoms with E-state index in [0.717, 1.165) is 6.42 Å². The van der Waals surface area contributed by atoms with E-state index in [1.807, 2.05) is 0 Å². The molecule has 0 aromatic heterocycles. The second kappa shape index (κ2) is 17.3.